The summed E-state index contributed by atoms with van der Waals surface area (Å²) >= 11 is 0. The van der Waals surface area contributed by atoms with Crippen molar-refractivity contribution in [2.24, 2.45) is 28.6 Å². The molecule has 1 aliphatic heterocycles. The standard InChI is InChI=1S/C41H57NO13.2Ac/c1-21(2)19-52-37(49)42-29(23-13-9-7-10-14-23)31(45)36(48)54-25-18-41(51)34(55-35(47)24-15-11-8-12-16-24)32-39(6,26(43)17-27-40(32,50)20-53-27)33(46)30(44)28(22(25)3)38(41,4)5;;/h8,11-12,15-16,21,23,25-27,29-32,34,43-45,50-51H,7,9-10,13-14,17-20H2,1-6H3,(H,42,49);;/t25?,26-,27+,29-,30+,31+,32-,34-,39+,40-,41+;;/m0../s1. The molecule has 1 saturated heterocycles. The number of Topliss-reactive ketones (excluding diaryl/α,β-unsaturated/α-hetero) is 1. The molecule has 0 aromatic heterocycles. The van der Waals surface area contributed by atoms with Gasteiger partial charge in [0, 0.05) is 112 Å². The summed E-state index contributed by atoms with van der Waals surface area (Å²) in [6.07, 6.45) is -6.84. The van der Waals surface area contributed by atoms with Crippen LogP contribution in [0.3, 0.4) is 0 Å². The van der Waals surface area contributed by atoms with Crippen LogP contribution in [0.25, 0.3) is 0 Å². The molecule has 0 spiro atoms. The van der Waals surface area contributed by atoms with Crippen LogP contribution in [0.2, 0.25) is 0 Å². The van der Waals surface area contributed by atoms with Gasteiger partial charge in [-0.1, -0.05) is 65.2 Å². The van der Waals surface area contributed by atoms with E-state index < -0.39 is 101 Å². The molecule has 4 aliphatic carbocycles. The molecule has 5 aliphatic rings. The fraction of sp³-hybridized carbons (Fsp3) is 0.707. The number of hydrogen-bond donors (Lipinski definition) is 6. The number of ether oxygens (including phenoxy) is 4. The first-order valence-electron chi connectivity index (χ1n) is 19.5. The number of alkyl carbamates (subject to hydrolysis) is 1. The molecule has 1 amide bonds. The fourth-order valence-corrected chi connectivity index (χ4v) is 10.1. The summed E-state index contributed by atoms with van der Waals surface area (Å²) < 4.78 is 23.2. The van der Waals surface area contributed by atoms with Gasteiger partial charge in [-0.05, 0) is 61.8 Å². The second-order valence-corrected chi connectivity index (χ2v) is 17.5. The number of amides is 1. The molecule has 14 nitrogen and oxygen atoms in total. The van der Waals surface area contributed by atoms with Crippen molar-refractivity contribution in [1.29, 1.82) is 0 Å². The van der Waals surface area contributed by atoms with Gasteiger partial charge in [0.05, 0.1) is 42.4 Å². The monoisotopic (exact) mass is 1230 g/mol. The van der Waals surface area contributed by atoms with E-state index in [2.05, 4.69) is 5.32 Å². The molecule has 1 unspecified atom stereocenters. The molecule has 310 valence electrons. The zero-order valence-electron chi connectivity index (χ0n) is 33.7. The Morgan fingerprint density at radius 1 is 0.982 bits per heavy atom. The number of benzene rings is 1. The van der Waals surface area contributed by atoms with Gasteiger partial charge in [0.15, 0.2) is 11.9 Å². The summed E-state index contributed by atoms with van der Waals surface area (Å²) in [7, 11) is 0. The van der Waals surface area contributed by atoms with E-state index >= 15 is 0 Å². The fourth-order valence-electron chi connectivity index (χ4n) is 10.1. The summed E-state index contributed by atoms with van der Waals surface area (Å²) in [5, 5.41) is 63.5. The number of nitrogens with one attached hydrogen (secondary N) is 1. The van der Waals surface area contributed by atoms with Gasteiger partial charge in [0.1, 0.15) is 29.5 Å². The summed E-state index contributed by atoms with van der Waals surface area (Å²) in [6, 6.07) is 6.90. The molecule has 2 radical (unpaired) electrons. The Morgan fingerprint density at radius 3 is 2.19 bits per heavy atom. The van der Waals surface area contributed by atoms with E-state index in [4.69, 9.17) is 18.9 Å². The van der Waals surface area contributed by atoms with Gasteiger partial charge in [-0.3, -0.25) is 4.79 Å². The Balaban J connectivity index is 0.00000360. The first kappa shape index (κ1) is 49.1. The minimum atomic E-state index is -2.27. The van der Waals surface area contributed by atoms with E-state index in [0.717, 1.165) is 19.3 Å². The molecule has 1 aromatic rings. The minimum absolute atomic E-state index is 0. The largest absolute Gasteiger partial charge is 0.456 e. The van der Waals surface area contributed by atoms with Gasteiger partial charge in [0.25, 0.3) is 0 Å². The zero-order chi connectivity index (χ0) is 40.2. The second-order valence-electron chi connectivity index (χ2n) is 17.5. The van der Waals surface area contributed by atoms with E-state index in [1.54, 1.807) is 39.0 Å². The van der Waals surface area contributed by atoms with Crippen molar-refractivity contribution < 1.29 is 152 Å². The molecule has 2 bridgehead atoms. The molecule has 4 fully saturated rings. The number of aliphatic hydroxyl groups is 5. The number of rotatable bonds is 9. The number of ketones is 1. The molecular formula is C41H57Ac2NO13. The van der Waals surface area contributed by atoms with Crippen LogP contribution in [0.15, 0.2) is 41.5 Å². The van der Waals surface area contributed by atoms with Crippen LogP contribution in [0.1, 0.15) is 96.8 Å². The van der Waals surface area contributed by atoms with Crippen molar-refractivity contribution in [2.45, 2.75) is 140 Å². The Morgan fingerprint density at radius 2 is 1.61 bits per heavy atom. The first-order chi connectivity index (χ1) is 25.8. The maximum Gasteiger partial charge on any atom is 0.407 e. The number of carbonyl (C=O) groups excluding carboxylic acids is 4. The Bertz CT molecular complexity index is 1690. The normalized spacial score (nSPS) is 35.6. The van der Waals surface area contributed by atoms with Crippen molar-refractivity contribution in [2.75, 3.05) is 13.2 Å². The summed E-state index contributed by atoms with van der Waals surface area (Å²) in [5.74, 6) is -4.59. The molecule has 1 aromatic carbocycles. The van der Waals surface area contributed by atoms with Gasteiger partial charge >= 0.3 is 18.0 Å². The molecule has 6 rings (SSSR count). The van der Waals surface area contributed by atoms with E-state index in [-0.39, 0.29) is 136 Å². The van der Waals surface area contributed by atoms with Crippen LogP contribution in [-0.4, -0.2) is 116 Å². The van der Waals surface area contributed by atoms with Crippen LogP contribution in [0.5, 0.6) is 0 Å². The predicted molar refractivity (Wildman–Crippen MR) is 195 cm³/mol. The SMILES string of the molecule is CC1=C2[C@@H](O)C(=O)[C@@]3(C)[C@H]([C@H](OC(=O)c4ccccc4)[C@](O)(CC1OC(=O)[C@H](O)[C@@H](NC(=O)OCC(C)C)C1CCCCC1)C2(C)C)[C@]1(O)CO[C@@H]1C[C@@H]3O.[Ac].[Ac]. The smallest absolute Gasteiger partial charge is 0.407 e. The average Bonchev–Trinajstić information content (AvgIpc) is 3.15. The van der Waals surface area contributed by atoms with Crippen molar-refractivity contribution >= 4 is 23.8 Å². The average molecular weight is 1230 g/mol. The topological polar surface area (TPSA) is 218 Å². The summed E-state index contributed by atoms with van der Waals surface area (Å²) in [6.45, 7) is 9.67. The maximum absolute atomic E-state index is 14.7. The van der Waals surface area contributed by atoms with E-state index in [1.165, 1.54) is 19.1 Å². The molecular weight excluding hydrogens is 1170 g/mol. The molecule has 6 N–H and O–H groups in total. The predicted octanol–water partition coefficient (Wildman–Crippen LogP) is 2.75. The van der Waals surface area contributed by atoms with E-state index in [0.29, 0.717) is 12.8 Å². The summed E-state index contributed by atoms with van der Waals surface area (Å²) in [5.41, 5.74) is -7.34. The molecule has 11 atom stereocenters. The van der Waals surface area contributed by atoms with Crippen molar-refractivity contribution in [3.8, 4) is 0 Å². The van der Waals surface area contributed by atoms with Gasteiger partial charge < -0.3 is 49.8 Å². The number of esters is 2. The number of fused-ring (bicyclic) bond motifs is 5. The minimum Gasteiger partial charge on any atom is -0.456 e. The third kappa shape index (κ3) is 8.78. The van der Waals surface area contributed by atoms with Gasteiger partial charge in [-0.25, -0.2) is 14.4 Å². The Kier molecular flexibility index (Phi) is 16.2. The van der Waals surface area contributed by atoms with Crippen molar-refractivity contribution in [1.82, 2.24) is 5.32 Å². The van der Waals surface area contributed by atoms with Crippen molar-refractivity contribution in [3.63, 3.8) is 0 Å². The Labute approximate surface area is 405 Å². The van der Waals surface area contributed by atoms with Gasteiger partial charge in [-0.15, -0.1) is 0 Å². The molecule has 1 heterocycles. The molecule has 16 heteroatoms. The van der Waals surface area contributed by atoms with Gasteiger partial charge in [-0.2, -0.15) is 0 Å². The third-order valence-electron chi connectivity index (χ3n) is 13.4. The van der Waals surface area contributed by atoms with E-state index in [9.17, 15) is 44.7 Å². The van der Waals surface area contributed by atoms with Crippen LogP contribution in [-0.2, 0) is 28.5 Å². The number of carbonyl (C=O) groups is 4. The third-order valence-corrected chi connectivity index (χ3v) is 13.4. The molecule has 3 saturated carbocycles. The zero-order valence-corrected chi connectivity index (χ0v) is 43.2. The van der Waals surface area contributed by atoms with Gasteiger partial charge in [0.2, 0.25) is 0 Å². The first-order valence-corrected chi connectivity index (χ1v) is 19.5. The number of aliphatic hydroxyl groups excluding tert-OH is 3. The van der Waals surface area contributed by atoms with Crippen LogP contribution in [0, 0.1) is 117 Å². The van der Waals surface area contributed by atoms with Crippen LogP contribution >= 0.6 is 0 Å². The summed E-state index contributed by atoms with van der Waals surface area (Å²) in [4.78, 5) is 55.5. The van der Waals surface area contributed by atoms with Crippen LogP contribution in [0.4, 0.5) is 4.79 Å². The molecule has 57 heavy (non-hydrogen) atoms. The van der Waals surface area contributed by atoms with Crippen molar-refractivity contribution in [3.05, 3.63) is 47.0 Å². The maximum atomic E-state index is 14.7. The van der Waals surface area contributed by atoms with Crippen LogP contribution < -0.4 is 5.32 Å². The second kappa shape index (κ2) is 18.8. The number of hydrogen-bond acceptors (Lipinski definition) is 13. The quantitative estimate of drug-likeness (QED) is 0.119. The van der Waals surface area contributed by atoms with E-state index in [1.807, 2.05) is 13.8 Å². The Hall–Kier alpha value is -0.517.